The van der Waals surface area contributed by atoms with Crippen LogP contribution in [0.4, 0.5) is 0 Å². The van der Waals surface area contributed by atoms with Crippen molar-refractivity contribution in [2.75, 3.05) is 58.7 Å². The van der Waals surface area contributed by atoms with Gasteiger partial charge in [-0.15, -0.1) is 16.9 Å². The molecule has 4 heterocycles. The van der Waals surface area contributed by atoms with E-state index in [9.17, 15) is 4.79 Å². The number of likely N-dealkylation sites (tertiary alicyclic amines) is 1. The number of imidazole rings is 1. The summed E-state index contributed by atoms with van der Waals surface area (Å²) < 4.78 is 9.72. The zero-order valence-electron chi connectivity index (χ0n) is 29.0. The Morgan fingerprint density at radius 3 is 2.76 bits per heavy atom. The van der Waals surface area contributed by atoms with Crippen LogP contribution in [0.3, 0.4) is 0 Å². The van der Waals surface area contributed by atoms with Crippen molar-refractivity contribution in [2.45, 2.75) is 49.1 Å². The Labute approximate surface area is 312 Å². The Bertz CT molecular complexity index is 1970. The number of rotatable bonds is 12. The summed E-state index contributed by atoms with van der Waals surface area (Å²) in [4.78, 5) is 25.1. The number of amides is 1. The minimum absolute atomic E-state index is 0.00363. The second kappa shape index (κ2) is 16.0. The van der Waals surface area contributed by atoms with E-state index in [-0.39, 0.29) is 17.4 Å². The molecule has 2 aromatic heterocycles. The summed E-state index contributed by atoms with van der Waals surface area (Å²) in [7, 11) is 0. The van der Waals surface area contributed by atoms with Gasteiger partial charge in [0.05, 0.1) is 45.0 Å². The van der Waals surface area contributed by atoms with E-state index in [2.05, 4.69) is 54.6 Å². The normalized spacial score (nSPS) is 19.9. The van der Waals surface area contributed by atoms with Gasteiger partial charge in [-0.05, 0) is 104 Å². The van der Waals surface area contributed by atoms with Crippen LogP contribution in [0.25, 0.3) is 16.7 Å². The predicted molar refractivity (Wildman–Crippen MR) is 202 cm³/mol. The number of nitrogens with zero attached hydrogens (tertiary/aromatic N) is 8. The number of halogens is 2. The van der Waals surface area contributed by atoms with E-state index < -0.39 is 0 Å². The summed E-state index contributed by atoms with van der Waals surface area (Å²) in [5, 5.41) is 16.3. The molecule has 0 aliphatic carbocycles. The summed E-state index contributed by atoms with van der Waals surface area (Å²) in [6.07, 6.45) is 6.21. The fraction of sp³-hybridized carbons (Fsp3) is 0.432. The molecular formula is C37H43Cl2N9O2S. The quantitative estimate of drug-likeness (QED) is 0.117. The lowest BCUT2D eigenvalue weighted by atomic mass is 9.76. The third-order valence-corrected chi connectivity index (χ3v) is 11.8. The molecule has 5 aromatic rings. The lowest BCUT2D eigenvalue weighted by Crippen LogP contribution is -2.40. The number of thioether (sulfide) groups is 1. The van der Waals surface area contributed by atoms with Crippen molar-refractivity contribution < 1.29 is 9.53 Å². The van der Waals surface area contributed by atoms with Crippen LogP contribution in [0.15, 0.2) is 71.9 Å². The second-order valence-corrected chi connectivity index (χ2v) is 14.9. The lowest BCUT2D eigenvalue weighted by molar-refractivity contribution is 0.0776. The number of carbonyl (C=O) groups excluding carboxylic acids is 1. The third-order valence-electron chi connectivity index (χ3n) is 10.3. The van der Waals surface area contributed by atoms with Crippen molar-refractivity contribution >= 4 is 51.9 Å². The SMILES string of the molecule is CCOCCn1c(C2CNCCCN2CCC2(c3ccc(Cl)c(Cl)c3)CCN(C(=O)c3cc(-n4cnnn4)ccc3SC)C2)nc2ccccc21. The Balaban J connectivity index is 1.19. The summed E-state index contributed by atoms with van der Waals surface area (Å²) >= 11 is 14.7. The first-order valence-electron chi connectivity index (χ1n) is 17.5. The summed E-state index contributed by atoms with van der Waals surface area (Å²) in [6, 6.07) is 20.2. The van der Waals surface area contributed by atoms with E-state index in [0.717, 1.165) is 85.0 Å². The number of aromatic nitrogens is 6. The third kappa shape index (κ3) is 7.53. The Hall–Kier alpha value is -3.52. The zero-order valence-corrected chi connectivity index (χ0v) is 31.3. The number of ether oxygens (including phenoxy) is 1. The molecule has 3 aromatic carbocycles. The van der Waals surface area contributed by atoms with Gasteiger partial charge in [0.25, 0.3) is 5.91 Å². The highest BCUT2D eigenvalue weighted by molar-refractivity contribution is 7.98. The van der Waals surface area contributed by atoms with Crippen LogP contribution >= 0.6 is 35.0 Å². The Morgan fingerprint density at radius 2 is 1.96 bits per heavy atom. The molecule has 7 rings (SSSR count). The Morgan fingerprint density at radius 1 is 1.08 bits per heavy atom. The number of fused-ring (bicyclic) bond motifs is 1. The average molecular weight is 749 g/mol. The van der Waals surface area contributed by atoms with Gasteiger partial charge >= 0.3 is 0 Å². The molecule has 2 unspecified atom stereocenters. The van der Waals surface area contributed by atoms with Crippen LogP contribution in [0.1, 0.15) is 54.0 Å². The molecule has 2 atom stereocenters. The molecule has 268 valence electrons. The van der Waals surface area contributed by atoms with Crippen molar-refractivity contribution in [3.63, 3.8) is 0 Å². The highest BCUT2D eigenvalue weighted by atomic mass is 35.5. The van der Waals surface area contributed by atoms with Crippen molar-refractivity contribution in [2.24, 2.45) is 0 Å². The van der Waals surface area contributed by atoms with Crippen LogP contribution < -0.4 is 5.32 Å². The Kier molecular flexibility index (Phi) is 11.3. The molecule has 0 spiro atoms. The van der Waals surface area contributed by atoms with Crippen molar-refractivity contribution in [3.8, 4) is 5.69 Å². The predicted octanol–water partition coefficient (Wildman–Crippen LogP) is 6.29. The number of hydrogen-bond donors (Lipinski definition) is 1. The van der Waals surface area contributed by atoms with E-state index in [4.69, 9.17) is 32.9 Å². The highest BCUT2D eigenvalue weighted by Crippen LogP contribution is 2.42. The number of nitrogens with one attached hydrogen (secondary N) is 1. The van der Waals surface area contributed by atoms with Gasteiger partial charge < -0.3 is 19.5 Å². The maximum Gasteiger partial charge on any atom is 0.255 e. The van der Waals surface area contributed by atoms with Crippen LogP contribution in [0.5, 0.6) is 0 Å². The average Bonchev–Trinajstić information content (AvgIpc) is 3.89. The lowest BCUT2D eigenvalue weighted by Gasteiger charge is -2.36. The maximum absolute atomic E-state index is 14.4. The smallest absolute Gasteiger partial charge is 0.255 e. The summed E-state index contributed by atoms with van der Waals surface area (Å²) in [5.74, 6) is 1.06. The number of hydrogen-bond acceptors (Lipinski definition) is 9. The van der Waals surface area contributed by atoms with Crippen molar-refractivity contribution in [1.82, 2.24) is 44.9 Å². The molecule has 0 radical (unpaired) electrons. The van der Waals surface area contributed by atoms with Gasteiger partial charge in [0, 0.05) is 49.6 Å². The molecule has 2 fully saturated rings. The molecule has 0 saturated carbocycles. The number of carbonyl (C=O) groups is 1. The maximum atomic E-state index is 14.4. The largest absolute Gasteiger partial charge is 0.380 e. The number of benzene rings is 3. The molecule has 2 saturated heterocycles. The van der Waals surface area contributed by atoms with Crippen molar-refractivity contribution in [3.05, 3.63) is 94.0 Å². The number of tetrazole rings is 1. The van der Waals surface area contributed by atoms with E-state index in [1.807, 2.05) is 54.5 Å². The first-order chi connectivity index (χ1) is 24.9. The van der Waals surface area contributed by atoms with Crippen LogP contribution in [0, 0.1) is 0 Å². The monoisotopic (exact) mass is 747 g/mol. The van der Waals surface area contributed by atoms with Crippen molar-refractivity contribution in [1.29, 1.82) is 0 Å². The first-order valence-corrected chi connectivity index (χ1v) is 19.5. The van der Waals surface area contributed by atoms with Crippen LogP contribution in [-0.4, -0.2) is 104 Å². The van der Waals surface area contributed by atoms with Gasteiger partial charge in [0.2, 0.25) is 0 Å². The standard InChI is InChI=1S/C37H43Cl2N9O2S/c1-3-50-20-19-47-32-8-5-4-7-31(32)42-35(47)33-23-40-15-6-16-45(33)17-13-37(26-9-11-29(38)30(39)21-26)14-18-46(24-37)36(49)28-22-27(10-12-34(28)51-2)48-25-41-43-44-48/h4-5,7-12,21-22,25,33,40H,3,6,13-20,23-24H2,1-2H3. The van der Waals surface area contributed by atoms with E-state index in [1.54, 1.807) is 16.4 Å². The van der Waals surface area contributed by atoms with Gasteiger partial charge in [-0.25, -0.2) is 9.67 Å². The van der Waals surface area contributed by atoms with Crippen LogP contribution in [-0.2, 0) is 16.7 Å². The van der Waals surface area contributed by atoms with E-state index in [0.29, 0.717) is 41.9 Å². The van der Waals surface area contributed by atoms with E-state index in [1.165, 1.54) is 6.33 Å². The highest BCUT2D eigenvalue weighted by Gasteiger charge is 2.43. The first kappa shape index (κ1) is 35.9. The van der Waals surface area contributed by atoms with E-state index >= 15 is 0 Å². The second-order valence-electron chi connectivity index (χ2n) is 13.2. The molecule has 2 aliphatic rings. The summed E-state index contributed by atoms with van der Waals surface area (Å²) in [5.41, 5.74) is 4.29. The topological polar surface area (TPSA) is 106 Å². The molecule has 2 aliphatic heterocycles. The molecule has 1 amide bonds. The molecule has 1 N–H and O–H groups in total. The van der Waals surface area contributed by atoms with Crippen LogP contribution in [0.2, 0.25) is 10.0 Å². The fourth-order valence-electron chi connectivity index (χ4n) is 7.61. The number of para-hydroxylation sites is 2. The molecule has 11 nitrogen and oxygen atoms in total. The molecule has 14 heteroatoms. The molecule has 51 heavy (non-hydrogen) atoms. The van der Waals surface area contributed by atoms with Gasteiger partial charge in [-0.3, -0.25) is 9.69 Å². The van der Waals surface area contributed by atoms with Gasteiger partial charge in [-0.2, -0.15) is 0 Å². The molecular weight excluding hydrogens is 705 g/mol. The fourth-order valence-corrected chi connectivity index (χ4v) is 8.47. The minimum atomic E-state index is -0.323. The van der Waals surface area contributed by atoms with Gasteiger partial charge in [-0.1, -0.05) is 41.4 Å². The van der Waals surface area contributed by atoms with Gasteiger partial charge in [0.1, 0.15) is 12.2 Å². The van der Waals surface area contributed by atoms with Gasteiger partial charge in [0.15, 0.2) is 0 Å². The minimum Gasteiger partial charge on any atom is -0.380 e. The zero-order chi connectivity index (χ0) is 35.4. The summed E-state index contributed by atoms with van der Waals surface area (Å²) in [6.45, 7) is 8.79. The molecule has 0 bridgehead atoms.